The SMILES string of the molecule is COC(=O)[C@H](Cc1ccc(OC(=O)N(C)C)cc1)NC(=O)CC(C)C. The Morgan fingerprint density at radius 2 is 1.72 bits per heavy atom. The van der Waals surface area contributed by atoms with Gasteiger partial charge in [0.25, 0.3) is 0 Å². The number of amides is 2. The summed E-state index contributed by atoms with van der Waals surface area (Å²) in [6.45, 7) is 3.86. The number of hydrogen-bond acceptors (Lipinski definition) is 5. The average molecular weight is 350 g/mol. The third kappa shape index (κ3) is 7.24. The summed E-state index contributed by atoms with van der Waals surface area (Å²) in [5, 5.41) is 2.70. The Labute approximate surface area is 148 Å². The molecule has 0 aromatic heterocycles. The van der Waals surface area contributed by atoms with Crippen molar-refractivity contribution in [2.45, 2.75) is 32.7 Å². The maximum Gasteiger partial charge on any atom is 0.414 e. The minimum Gasteiger partial charge on any atom is -0.467 e. The van der Waals surface area contributed by atoms with Gasteiger partial charge in [-0.3, -0.25) is 4.79 Å². The van der Waals surface area contributed by atoms with Gasteiger partial charge >= 0.3 is 12.1 Å². The molecule has 0 fully saturated rings. The van der Waals surface area contributed by atoms with E-state index in [1.807, 2.05) is 13.8 Å². The zero-order valence-electron chi connectivity index (χ0n) is 15.4. The van der Waals surface area contributed by atoms with E-state index in [-0.39, 0.29) is 11.8 Å². The van der Waals surface area contributed by atoms with Crippen LogP contribution in [0.3, 0.4) is 0 Å². The molecule has 0 unspecified atom stereocenters. The number of carbonyl (C=O) groups excluding carboxylic acids is 3. The van der Waals surface area contributed by atoms with Crippen LogP contribution < -0.4 is 10.1 Å². The fourth-order valence-corrected chi connectivity index (χ4v) is 2.08. The summed E-state index contributed by atoms with van der Waals surface area (Å²) in [7, 11) is 4.47. The summed E-state index contributed by atoms with van der Waals surface area (Å²) in [6.07, 6.45) is 0.159. The van der Waals surface area contributed by atoms with Crippen LogP contribution in [0, 0.1) is 5.92 Å². The Morgan fingerprint density at radius 3 is 2.20 bits per heavy atom. The molecular weight excluding hydrogens is 324 g/mol. The molecule has 1 N–H and O–H groups in total. The molecule has 0 bridgehead atoms. The van der Waals surface area contributed by atoms with E-state index in [0.29, 0.717) is 18.6 Å². The lowest BCUT2D eigenvalue weighted by atomic mass is 10.0. The molecule has 7 nitrogen and oxygen atoms in total. The second kappa shape index (κ2) is 9.66. The van der Waals surface area contributed by atoms with Crippen LogP contribution in [0.5, 0.6) is 5.75 Å². The molecule has 0 saturated carbocycles. The molecule has 1 aromatic rings. The second-order valence-corrected chi connectivity index (χ2v) is 6.35. The molecule has 138 valence electrons. The molecule has 0 aliphatic heterocycles. The minimum atomic E-state index is -0.758. The highest BCUT2D eigenvalue weighted by Gasteiger charge is 2.22. The Hall–Kier alpha value is -2.57. The van der Waals surface area contributed by atoms with Gasteiger partial charge in [-0.05, 0) is 23.6 Å². The van der Waals surface area contributed by atoms with Crippen LogP contribution in [0.1, 0.15) is 25.8 Å². The van der Waals surface area contributed by atoms with Crippen molar-refractivity contribution in [3.63, 3.8) is 0 Å². The van der Waals surface area contributed by atoms with Gasteiger partial charge in [-0.25, -0.2) is 9.59 Å². The van der Waals surface area contributed by atoms with Crippen molar-refractivity contribution < 1.29 is 23.9 Å². The third-order valence-corrected chi connectivity index (χ3v) is 3.35. The zero-order chi connectivity index (χ0) is 19.0. The number of nitrogens with one attached hydrogen (secondary N) is 1. The van der Waals surface area contributed by atoms with Crippen molar-refractivity contribution in [3.8, 4) is 5.75 Å². The van der Waals surface area contributed by atoms with Crippen LogP contribution in [0.15, 0.2) is 24.3 Å². The van der Waals surface area contributed by atoms with Gasteiger partial charge in [0.1, 0.15) is 11.8 Å². The van der Waals surface area contributed by atoms with Gasteiger partial charge in [0.15, 0.2) is 0 Å². The van der Waals surface area contributed by atoms with Crippen LogP contribution in [-0.4, -0.2) is 50.1 Å². The number of carbonyl (C=O) groups is 3. The number of methoxy groups -OCH3 is 1. The van der Waals surface area contributed by atoms with E-state index in [9.17, 15) is 14.4 Å². The Bertz CT molecular complexity index is 596. The largest absolute Gasteiger partial charge is 0.467 e. The lowest BCUT2D eigenvalue weighted by Crippen LogP contribution is -2.43. The monoisotopic (exact) mass is 350 g/mol. The predicted octanol–water partition coefficient (Wildman–Crippen LogP) is 1.99. The van der Waals surface area contributed by atoms with Crippen LogP contribution >= 0.6 is 0 Å². The Balaban J connectivity index is 2.75. The maximum atomic E-state index is 11.9. The first-order valence-electron chi connectivity index (χ1n) is 8.08. The molecule has 0 heterocycles. The van der Waals surface area contributed by atoms with Crippen molar-refractivity contribution in [1.29, 1.82) is 0 Å². The van der Waals surface area contributed by atoms with E-state index in [1.54, 1.807) is 38.4 Å². The van der Waals surface area contributed by atoms with Gasteiger partial charge in [-0.15, -0.1) is 0 Å². The predicted molar refractivity (Wildman–Crippen MR) is 93.3 cm³/mol. The molecule has 0 saturated heterocycles. The van der Waals surface area contributed by atoms with Crippen molar-refractivity contribution in [2.24, 2.45) is 5.92 Å². The number of ether oxygens (including phenoxy) is 2. The average Bonchev–Trinajstić information content (AvgIpc) is 2.54. The van der Waals surface area contributed by atoms with E-state index >= 15 is 0 Å². The number of hydrogen-bond donors (Lipinski definition) is 1. The van der Waals surface area contributed by atoms with Gasteiger partial charge in [0, 0.05) is 26.9 Å². The summed E-state index contributed by atoms with van der Waals surface area (Å²) in [5.74, 6) is -0.0907. The van der Waals surface area contributed by atoms with Crippen LogP contribution in [-0.2, 0) is 20.7 Å². The first-order valence-corrected chi connectivity index (χ1v) is 8.08. The summed E-state index contributed by atoms with van der Waals surface area (Å²) in [4.78, 5) is 36.7. The first-order chi connectivity index (χ1) is 11.7. The van der Waals surface area contributed by atoms with Crippen LogP contribution in [0.2, 0.25) is 0 Å². The molecule has 1 aromatic carbocycles. The Kier molecular flexibility index (Phi) is 7.91. The number of benzene rings is 1. The van der Waals surface area contributed by atoms with Gasteiger partial charge in [0.2, 0.25) is 5.91 Å². The lowest BCUT2D eigenvalue weighted by molar-refractivity contribution is -0.145. The fraction of sp³-hybridized carbons (Fsp3) is 0.500. The molecule has 0 radical (unpaired) electrons. The van der Waals surface area contributed by atoms with E-state index in [1.165, 1.54) is 12.0 Å². The highest BCUT2D eigenvalue weighted by molar-refractivity contribution is 5.84. The van der Waals surface area contributed by atoms with Gasteiger partial charge < -0.3 is 19.7 Å². The number of esters is 1. The number of nitrogens with zero attached hydrogens (tertiary/aromatic N) is 1. The highest BCUT2D eigenvalue weighted by Crippen LogP contribution is 2.15. The molecule has 0 spiro atoms. The van der Waals surface area contributed by atoms with Gasteiger partial charge in [0.05, 0.1) is 7.11 Å². The summed E-state index contributed by atoms with van der Waals surface area (Å²) < 4.78 is 9.90. The molecule has 0 aliphatic carbocycles. The second-order valence-electron chi connectivity index (χ2n) is 6.35. The fourth-order valence-electron chi connectivity index (χ4n) is 2.08. The normalized spacial score (nSPS) is 11.6. The topological polar surface area (TPSA) is 84.9 Å². The zero-order valence-corrected chi connectivity index (χ0v) is 15.4. The van der Waals surface area contributed by atoms with E-state index < -0.39 is 18.1 Å². The van der Waals surface area contributed by atoms with Crippen LogP contribution in [0.4, 0.5) is 4.79 Å². The van der Waals surface area contributed by atoms with Crippen molar-refractivity contribution >= 4 is 18.0 Å². The molecule has 2 amide bonds. The van der Waals surface area contributed by atoms with E-state index in [4.69, 9.17) is 9.47 Å². The molecular formula is C18H26N2O5. The lowest BCUT2D eigenvalue weighted by Gasteiger charge is -2.17. The molecule has 0 aliphatic rings. The highest BCUT2D eigenvalue weighted by atomic mass is 16.6. The van der Waals surface area contributed by atoms with E-state index in [2.05, 4.69) is 5.32 Å². The first kappa shape index (κ1) is 20.5. The summed E-state index contributed by atoms with van der Waals surface area (Å²) in [6, 6.07) is 6.00. The van der Waals surface area contributed by atoms with Crippen molar-refractivity contribution in [3.05, 3.63) is 29.8 Å². The summed E-state index contributed by atoms with van der Waals surface area (Å²) in [5.41, 5.74) is 0.810. The third-order valence-electron chi connectivity index (χ3n) is 3.35. The van der Waals surface area contributed by atoms with Crippen molar-refractivity contribution in [2.75, 3.05) is 21.2 Å². The molecule has 7 heteroatoms. The Morgan fingerprint density at radius 1 is 1.12 bits per heavy atom. The smallest absolute Gasteiger partial charge is 0.414 e. The molecule has 1 rings (SSSR count). The van der Waals surface area contributed by atoms with Crippen molar-refractivity contribution in [1.82, 2.24) is 10.2 Å². The van der Waals surface area contributed by atoms with Gasteiger partial charge in [-0.2, -0.15) is 0 Å². The van der Waals surface area contributed by atoms with E-state index in [0.717, 1.165) is 5.56 Å². The van der Waals surface area contributed by atoms with Crippen LogP contribution in [0.25, 0.3) is 0 Å². The number of rotatable bonds is 7. The molecule has 1 atom stereocenters. The van der Waals surface area contributed by atoms with Gasteiger partial charge in [-0.1, -0.05) is 26.0 Å². The molecule has 25 heavy (non-hydrogen) atoms. The maximum absolute atomic E-state index is 11.9. The summed E-state index contributed by atoms with van der Waals surface area (Å²) >= 11 is 0. The minimum absolute atomic E-state index is 0.193. The quantitative estimate of drug-likeness (QED) is 0.760. The standard InChI is InChI=1S/C18H26N2O5/c1-12(2)10-16(21)19-15(17(22)24-5)11-13-6-8-14(9-7-13)25-18(23)20(3)4/h6-9,12,15H,10-11H2,1-5H3,(H,19,21)/t15-/m0/s1.